The van der Waals surface area contributed by atoms with E-state index in [0.29, 0.717) is 11.5 Å². The summed E-state index contributed by atoms with van der Waals surface area (Å²) < 4.78 is 55.7. The molecule has 0 amide bonds. The molecule has 0 radical (unpaired) electrons. The highest BCUT2D eigenvalue weighted by molar-refractivity contribution is 7.92. The van der Waals surface area contributed by atoms with Crippen LogP contribution in [0.15, 0.2) is 41.3 Å². The summed E-state index contributed by atoms with van der Waals surface area (Å²) in [6, 6.07) is 7.96. The van der Waals surface area contributed by atoms with Gasteiger partial charge < -0.3 is 14.2 Å². The van der Waals surface area contributed by atoms with Gasteiger partial charge in [0.25, 0.3) is 10.0 Å². The lowest BCUT2D eigenvalue weighted by Gasteiger charge is -2.13. The number of methoxy groups -OCH3 is 3. The molecular weight excluding hydrogens is 325 g/mol. The zero-order valence-electron chi connectivity index (χ0n) is 12.8. The summed E-state index contributed by atoms with van der Waals surface area (Å²) in [5.74, 6) is -0.0282. The van der Waals surface area contributed by atoms with Crippen molar-refractivity contribution in [2.24, 2.45) is 0 Å². The molecule has 0 bridgehead atoms. The number of hydrogen-bond acceptors (Lipinski definition) is 5. The molecule has 2 aromatic rings. The molecule has 0 spiro atoms. The maximum atomic E-state index is 13.4. The third kappa shape index (κ3) is 3.65. The zero-order valence-corrected chi connectivity index (χ0v) is 13.6. The first kappa shape index (κ1) is 16.9. The largest absolute Gasteiger partial charge is 0.497 e. The quantitative estimate of drug-likeness (QED) is 0.874. The van der Waals surface area contributed by atoms with Crippen LogP contribution in [0.2, 0.25) is 0 Å². The third-order valence-electron chi connectivity index (χ3n) is 3.08. The Kier molecular flexibility index (Phi) is 4.95. The molecule has 1 N–H and O–H groups in total. The van der Waals surface area contributed by atoms with Gasteiger partial charge in [-0.15, -0.1) is 0 Å². The number of hydrogen-bond donors (Lipinski definition) is 1. The number of halogens is 1. The number of ether oxygens (including phenoxy) is 3. The lowest BCUT2D eigenvalue weighted by atomic mass is 10.3. The molecule has 0 aliphatic heterocycles. The standard InChI is InChI=1S/C15H16FNO5S/c1-20-10-4-7-14(21-2)13(8-10)17-23(18,19)11-5-6-12(16)15(9-11)22-3/h4-9,17H,1-3H3. The van der Waals surface area contributed by atoms with Gasteiger partial charge in [0.15, 0.2) is 11.6 Å². The normalized spacial score (nSPS) is 11.0. The molecule has 6 nitrogen and oxygen atoms in total. The van der Waals surface area contributed by atoms with Crippen molar-refractivity contribution in [1.29, 1.82) is 0 Å². The van der Waals surface area contributed by atoms with Crippen molar-refractivity contribution in [2.75, 3.05) is 26.1 Å². The Labute approximate surface area is 133 Å². The Morgan fingerprint density at radius 2 is 1.61 bits per heavy atom. The molecule has 8 heteroatoms. The van der Waals surface area contributed by atoms with Crippen LogP contribution in [-0.2, 0) is 10.0 Å². The molecule has 0 saturated heterocycles. The first-order valence-electron chi connectivity index (χ1n) is 6.49. The highest BCUT2D eigenvalue weighted by atomic mass is 32.2. The molecular formula is C15H16FNO5S. The Morgan fingerprint density at radius 1 is 0.913 bits per heavy atom. The minimum atomic E-state index is -3.95. The first-order valence-corrected chi connectivity index (χ1v) is 7.98. The van der Waals surface area contributed by atoms with Gasteiger partial charge in [-0.1, -0.05) is 0 Å². The number of benzene rings is 2. The number of rotatable bonds is 6. The molecule has 124 valence electrons. The van der Waals surface area contributed by atoms with Crippen molar-refractivity contribution in [3.05, 3.63) is 42.2 Å². The Morgan fingerprint density at radius 3 is 2.22 bits per heavy atom. The van der Waals surface area contributed by atoms with Gasteiger partial charge in [-0.25, -0.2) is 12.8 Å². The third-order valence-corrected chi connectivity index (χ3v) is 4.45. The van der Waals surface area contributed by atoms with Gasteiger partial charge in [-0.05, 0) is 24.3 Å². The summed E-state index contributed by atoms with van der Waals surface area (Å²) in [6.07, 6.45) is 0. The van der Waals surface area contributed by atoms with E-state index in [1.165, 1.54) is 27.4 Å². The highest BCUT2D eigenvalue weighted by Gasteiger charge is 2.19. The summed E-state index contributed by atoms with van der Waals surface area (Å²) >= 11 is 0. The van der Waals surface area contributed by atoms with Crippen LogP contribution in [0.5, 0.6) is 17.2 Å². The van der Waals surface area contributed by atoms with E-state index in [1.807, 2.05) is 0 Å². The van der Waals surface area contributed by atoms with Crippen LogP contribution >= 0.6 is 0 Å². The maximum Gasteiger partial charge on any atom is 0.262 e. The van der Waals surface area contributed by atoms with E-state index in [2.05, 4.69) is 4.72 Å². The molecule has 0 aliphatic carbocycles. The van der Waals surface area contributed by atoms with Crippen LogP contribution in [0.1, 0.15) is 0 Å². The average Bonchev–Trinajstić information content (AvgIpc) is 2.54. The van der Waals surface area contributed by atoms with Crippen LogP contribution in [0.4, 0.5) is 10.1 Å². The van der Waals surface area contributed by atoms with Crippen LogP contribution in [0, 0.1) is 5.82 Å². The van der Waals surface area contributed by atoms with E-state index in [-0.39, 0.29) is 16.3 Å². The van der Waals surface area contributed by atoms with Crippen LogP contribution in [0.25, 0.3) is 0 Å². The van der Waals surface area contributed by atoms with Crippen molar-refractivity contribution in [3.63, 3.8) is 0 Å². The second-order valence-corrected chi connectivity index (χ2v) is 6.15. The van der Waals surface area contributed by atoms with E-state index in [9.17, 15) is 12.8 Å². The molecule has 0 heterocycles. The number of nitrogens with one attached hydrogen (secondary N) is 1. The minimum Gasteiger partial charge on any atom is -0.497 e. The molecule has 0 saturated carbocycles. The van der Waals surface area contributed by atoms with Crippen LogP contribution in [-0.4, -0.2) is 29.7 Å². The van der Waals surface area contributed by atoms with E-state index in [1.54, 1.807) is 12.1 Å². The van der Waals surface area contributed by atoms with Crippen molar-refractivity contribution in [3.8, 4) is 17.2 Å². The molecule has 23 heavy (non-hydrogen) atoms. The van der Waals surface area contributed by atoms with Crippen molar-refractivity contribution in [2.45, 2.75) is 4.90 Å². The van der Waals surface area contributed by atoms with Crippen molar-refractivity contribution < 1.29 is 27.0 Å². The highest BCUT2D eigenvalue weighted by Crippen LogP contribution is 2.31. The summed E-state index contributed by atoms with van der Waals surface area (Å²) in [5, 5.41) is 0. The van der Waals surface area contributed by atoms with E-state index in [0.717, 1.165) is 18.2 Å². The topological polar surface area (TPSA) is 73.9 Å². The number of sulfonamides is 1. The van der Waals surface area contributed by atoms with Crippen LogP contribution in [0.3, 0.4) is 0 Å². The van der Waals surface area contributed by atoms with Gasteiger partial charge in [-0.2, -0.15) is 0 Å². The Hall–Kier alpha value is -2.48. The van der Waals surface area contributed by atoms with E-state index in [4.69, 9.17) is 14.2 Å². The fourth-order valence-corrected chi connectivity index (χ4v) is 2.98. The average molecular weight is 341 g/mol. The fraction of sp³-hybridized carbons (Fsp3) is 0.200. The summed E-state index contributed by atoms with van der Waals surface area (Å²) in [7, 11) is 0.185. The monoisotopic (exact) mass is 341 g/mol. The second-order valence-electron chi connectivity index (χ2n) is 4.47. The maximum absolute atomic E-state index is 13.4. The lowest BCUT2D eigenvalue weighted by molar-refractivity contribution is 0.385. The SMILES string of the molecule is COc1ccc(OC)c(NS(=O)(=O)c2ccc(F)c(OC)c2)c1. The summed E-state index contributed by atoms with van der Waals surface area (Å²) in [5.41, 5.74) is 0.204. The van der Waals surface area contributed by atoms with Crippen molar-refractivity contribution >= 4 is 15.7 Å². The Bertz CT molecular complexity index is 808. The summed E-state index contributed by atoms with van der Waals surface area (Å²) in [6.45, 7) is 0. The molecule has 2 aromatic carbocycles. The first-order chi connectivity index (χ1) is 10.9. The minimum absolute atomic E-state index is 0.138. The lowest BCUT2D eigenvalue weighted by Crippen LogP contribution is -2.14. The molecule has 0 fully saturated rings. The molecule has 2 rings (SSSR count). The molecule has 0 unspecified atom stereocenters. The van der Waals surface area contributed by atoms with Gasteiger partial charge in [0, 0.05) is 12.1 Å². The summed E-state index contributed by atoms with van der Waals surface area (Å²) in [4.78, 5) is -0.138. The molecule has 0 aliphatic rings. The van der Waals surface area contributed by atoms with E-state index < -0.39 is 15.8 Å². The smallest absolute Gasteiger partial charge is 0.262 e. The Balaban J connectivity index is 2.42. The van der Waals surface area contributed by atoms with Crippen molar-refractivity contribution in [1.82, 2.24) is 0 Å². The van der Waals surface area contributed by atoms with Gasteiger partial charge >= 0.3 is 0 Å². The van der Waals surface area contributed by atoms with Gasteiger partial charge in [0.2, 0.25) is 0 Å². The van der Waals surface area contributed by atoms with Gasteiger partial charge in [-0.3, -0.25) is 4.72 Å². The van der Waals surface area contributed by atoms with Crippen LogP contribution < -0.4 is 18.9 Å². The zero-order chi connectivity index (χ0) is 17.0. The predicted octanol–water partition coefficient (Wildman–Crippen LogP) is 2.65. The van der Waals surface area contributed by atoms with Gasteiger partial charge in [0.05, 0.1) is 31.9 Å². The predicted molar refractivity (Wildman–Crippen MR) is 83.3 cm³/mol. The second kappa shape index (κ2) is 6.74. The molecule has 0 aromatic heterocycles. The van der Waals surface area contributed by atoms with Gasteiger partial charge in [0.1, 0.15) is 11.5 Å². The van der Waals surface area contributed by atoms with E-state index >= 15 is 0 Å². The fourth-order valence-electron chi connectivity index (χ4n) is 1.90. The molecule has 0 atom stereocenters. The number of anilines is 1.